The molecule has 4 aliphatic carbocycles. The highest BCUT2D eigenvalue weighted by atomic mass is 16.6. The summed E-state index contributed by atoms with van der Waals surface area (Å²) in [4.78, 5) is 39.0. The number of cyclic esters (lactones) is 1. The van der Waals surface area contributed by atoms with Crippen molar-refractivity contribution < 1.29 is 49.8 Å². The average molecular weight is 551 g/mol. The van der Waals surface area contributed by atoms with Gasteiger partial charge in [-0.1, -0.05) is 20.8 Å². The van der Waals surface area contributed by atoms with E-state index in [9.17, 15) is 45.0 Å². The molecule has 0 aromatic rings. The van der Waals surface area contributed by atoms with Crippen LogP contribution in [0.5, 0.6) is 0 Å². The zero-order chi connectivity index (χ0) is 29.1. The molecule has 5 aliphatic rings. The molecule has 218 valence electrons. The Balaban J connectivity index is 1.51. The number of ether oxygens (including phenoxy) is 1. The van der Waals surface area contributed by atoms with Crippen LogP contribution in [0.4, 0.5) is 0 Å². The van der Waals surface area contributed by atoms with Gasteiger partial charge in [0.15, 0.2) is 11.6 Å². The molecule has 13 unspecified atom stereocenters. The maximum atomic E-state index is 13.6. The minimum atomic E-state index is -1.97. The number of fused-ring (bicyclic) bond motifs is 5. The SMILES string of the molecule is CC1OC(=O)C(C)C1CC(=O)C(C)(O)C1CCC2(O)C3=CC(=O)C4(O)CC(O)C(O)CC4(C)C3CC(O)C12C. The van der Waals surface area contributed by atoms with E-state index in [1.165, 1.54) is 13.0 Å². The van der Waals surface area contributed by atoms with Gasteiger partial charge in [-0.05, 0) is 57.1 Å². The highest BCUT2D eigenvalue weighted by Crippen LogP contribution is 2.69. The monoisotopic (exact) mass is 550 g/mol. The van der Waals surface area contributed by atoms with Crippen LogP contribution in [-0.4, -0.2) is 89.4 Å². The molecule has 0 radical (unpaired) electrons. The molecule has 10 nitrogen and oxygen atoms in total. The summed E-state index contributed by atoms with van der Waals surface area (Å²) in [5.41, 5.74) is -8.03. The molecule has 0 bridgehead atoms. The maximum Gasteiger partial charge on any atom is 0.309 e. The predicted molar refractivity (Wildman–Crippen MR) is 136 cm³/mol. The zero-order valence-corrected chi connectivity index (χ0v) is 23.3. The van der Waals surface area contributed by atoms with Crippen LogP contribution in [0.25, 0.3) is 0 Å². The van der Waals surface area contributed by atoms with Gasteiger partial charge >= 0.3 is 5.97 Å². The third-order valence-electron chi connectivity index (χ3n) is 12.0. The second kappa shape index (κ2) is 8.66. The highest BCUT2D eigenvalue weighted by molar-refractivity contribution is 6.00. The summed E-state index contributed by atoms with van der Waals surface area (Å²) in [6, 6.07) is 0. The first-order valence-corrected chi connectivity index (χ1v) is 14.1. The predicted octanol–water partition coefficient (Wildman–Crippen LogP) is 0.185. The van der Waals surface area contributed by atoms with Gasteiger partial charge in [0.2, 0.25) is 0 Å². The number of carbonyl (C=O) groups excluding carboxylic acids is 3. The average Bonchev–Trinajstić information content (AvgIpc) is 3.27. The molecule has 39 heavy (non-hydrogen) atoms. The molecular weight excluding hydrogens is 508 g/mol. The number of esters is 1. The van der Waals surface area contributed by atoms with E-state index < -0.39 is 93.3 Å². The number of hydrogen-bond acceptors (Lipinski definition) is 10. The van der Waals surface area contributed by atoms with Gasteiger partial charge in [-0.2, -0.15) is 0 Å². The van der Waals surface area contributed by atoms with Crippen LogP contribution in [0.2, 0.25) is 0 Å². The molecule has 1 heterocycles. The smallest absolute Gasteiger partial charge is 0.309 e. The van der Waals surface area contributed by atoms with E-state index in [-0.39, 0.29) is 38.5 Å². The van der Waals surface area contributed by atoms with Crippen LogP contribution in [0.3, 0.4) is 0 Å². The van der Waals surface area contributed by atoms with Crippen LogP contribution < -0.4 is 0 Å². The highest BCUT2D eigenvalue weighted by Gasteiger charge is 2.74. The third kappa shape index (κ3) is 3.51. The molecule has 0 spiro atoms. The van der Waals surface area contributed by atoms with E-state index in [0.717, 1.165) is 0 Å². The molecule has 4 fully saturated rings. The Morgan fingerprint density at radius 2 is 1.69 bits per heavy atom. The van der Waals surface area contributed by atoms with Gasteiger partial charge in [-0.25, -0.2) is 0 Å². The Morgan fingerprint density at radius 1 is 1.08 bits per heavy atom. The van der Waals surface area contributed by atoms with Gasteiger partial charge in [-0.3, -0.25) is 14.4 Å². The number of carbonyl (C=O) groups is 3. The van der Waals surface area contributed by atoms with Crippen molar-refractivity contribution in [2.24, 2.45) is 34.5 Å². The topological polar surface area (TPSA) is 182 Å². The molecule has 3 saturated carbocycles. The number of Topliss-reactive ketones (excluding diaryl/α,β-unsaturated/α-hetero) is 1. The van der Waals surface area contributed by atoms with Crippen LogP contribution in [-0.2, 0) is 19.1 Å². The molecule has 13 atom stereocenters. The molecule has 6 N–H and O–H groups in total. The van der Waals surface area contributed by atoms with E-state index in [4.69, 9.17) is 4.74 Å². The first-order valence-electron chi connectivity index (χ1n) is 14.1. The van der Waals surface area contributed by atoms with E-state index >= 15 is 0 Å². The van der Waals surface area contributed by atoms with E-state index in [2.05, 4.69) is 0 Å². The minimum absolute atomic E-state index is 0.0271. The molecule has 0 aromatic heterocycles. The van der Waals surface area contributed by atoms with Crippen molar-refractivity contribution >= 4 is 17.5 Å². The summed E-state index contributed by atoms with van der Waals surface area (Å²) in [6.45, 7) is 8.07. The summed E-state index contributed by atoms with van der Waals surface area (Å²) < 4.78 is 5.26. The van der Waals surface area contributed by atoms with Crippen LogP contribution in [0, 0.1) is 34.5 Å². The van der Waals surface area contributed by atoms with Crippen LogP contribution >= 0.6 is 0 Å². The standard InChI is InChI=1S/C29H42O10/c1-13-15(14(2)39-24(13)35)8-22(33)27(5,36)20-6-7-28(37)17-10-23(34)29(38)12-19(31)18(30)11-25(29,3)16(17)9-21(32)26(20,28)4/h10,13-16,18-21,30-32,36-38H,6-9,11-12H2,1-5H3. The lowest BCUT2D eigenvalue weighted by atomic mass is 9.43. The van der Waals surface area contributed by atoms with Gasteiger partial charge in [-0.15, -0.1) is 0 Å². The first kappa shape index (κ1) is 28.8. The minimum Gasteiger partial charge on any atom is -0.462 e. The maximum absolute atomic E-state index is 13.6. The Morgan fingerprint density at radius 3 is 2.28 bits per heavy atom. The van der Waals surface area contributed by atoms with Gasteiger partial charge in [0.05, 0.1) is 29.8 Å². The zero-order valence-electron chi connectivity index (χ0n) is 23.3. The summed E-state index contributed by atoms with van der Waals surface area (Å²) in [5.74, 6) is -4.03. The molecule has 5 rings (SSSR count). The Kier molecular flexibility index (Phi) is 6.40. The largest absolute Gasteiger partial charge is 0.462 e. The number of rotatable bonds is 4. The molecule has 0 amide bonds. The van der Waals surface area contributed by atoms with Gasteiger partial charge in [0.25, 0.3) is 0 Å². The molecule has 1 aliphatic heterocycles. The van der Waals surface area contributed by atoms with E-state index in [0.29, 0.717) is 5.57 Å². The number of ketones is 2. The fourth-order valence-corrected chi connectivity index (χ4v) is 9.15. The Bertz CT molecular complexity index is 1130. The fraction of sp³-hybridized carbons (Fsp3) is 0.828. The van der Waals surface area contributed by atoms with Crippen molar-refractivity contribution in [3.05, 3.63) is 11.6 Å². The lowest BCUT2D eigenvalue weighted by molar-refractivity contribution is -0.224. The normalized spacial score (nSPS) is 52.7. The number of hydrogen-bond donors (Lipinski definition) is 6. The molecule has 10 heteroatoms. The molecular formula is C29H42O10. The van der Waals surface area contributed by atoms with Crippen LogP contribution in [0.15, 0.2) is 11.6 Å². The van der Waals surface area contributed by atoms with E-state index in [1.54, 1.807) is 27.7 Å². The van der Waals surface area contributed by atoms with Crippen molar-refractivity contribution in [2.75, 3.05) is 0 Å². The number of aliphatic hydroxyl groups excluding tert-OH is 3. The van der Waals surface area contributed by atoms with Crippen molar-refractivity contribution in [3.8, 4) is 0 Å². The Labute approximate surface area is 228 Å². The van der Waals surface area contributed by atoms with Crippen LogP contribution in [0.1, 0.15) is 73.1 Å². The van der Waals surface area contributed by atoms with Crippen molar-refractivity contribution in [1.29, 1.82) is 0 Å². The summed E-state index contributed by atoms with van der Waals surface area (Å²) >= 11 is 0. The number of aliphatic hydroxyl groups is 6. The second-order valence-electron chi connectivity index (χ2n) is 13.7. The van der Waals surface area contributed by atoms with Crippen molar-refractivity contribution in [3.63, 3.8) is 0 Å². The van der Waals surface area contributed by atoms with Gasteiger partial charge < -0.3 is 35.4 Å². The summed E-state index contributed by atoms with van der Waals surface area (Å²) in [6.07, 6.45) is -3.21. The third-order valence-corrected chi connectivity index (χ3v) is 12.0. The fourth-order valence-electron chi connectivity index (χ4n) is 9.15. The van der Waals surface area contributed by atoms with E-state index in [1.807, 2.05) is 0 Å². The summed E-state index contributed by atoms with van der Waals surface area (Å²) in [7, 11) is 0. The quantitative estimate of drug-likeness (QED) is 0.264. The summed E-state index contributed by atoms with van der Waals surface area (Å²) in [5, 5.41) is 68.0. The molecule has 0 aromatic carbocycles. The lowest BCUT2D eigenvalue weighted by Gasteiger charge is -2.63. The molecule has 1 saturated heterocycles. The van der Waals surface area contributed by atoms with Crippen molar-refractivity contribution in [1.82, 2.24) is 0 Å². The van der Waals surface area contributed by atoms with Gasteiger partial charge in [0.1, 0.15) is 17.3 Å². The second-order valence-corrected chi connectivity index (χ2v) is 13.7. The first-order chi connectivity index (χ1) is 17.9. The Hall–Kier alpha value is -1.69. The van der Waals surface area contributed by atoms with Gasteiger partial charge in [0, 0.05) is 35.5 Å². The van der Waals surface area contributed by atoms with Crippen molar-refractivity contribution in [2.45, 2.75) is 114 Å². The lowest BCUT2D eigenvalue weighted by Crippen LogP contribution is -2.71.